The molecule has 1 aromatic rings. The van der Waals surface area contributed by atoms with Gasteiger partial charge in [0.05, 0.1) is 6.61 Å². The summed E-state index contributed by atoms with van der Waals surface area (Å²) in [6, 6.07) is 8.00. The predicted octanol–water partition coefficient (Wildman–Crippen LogP) is 1.08. The van der Waals surface area contributed by atoms with E-state index >= 15 is 0 Å². The van der Waals surface area contributed by atoms with Crippen LogP contribution in [0.5, 0.6) is 0 Å². The molecule has 3 N–H and O–H groups in total. The van der Waals surface area contributed by atoms with Crippen molar-refractivity contribution in [3.63, 3.8) is 0 Å². The molecule has 78 valence electrons. The summed E-state index contributed by atoms with van der Waals surface area (Å²) in [6.45, 7) is 3.02. The molecular weight excluding hydrogens is 176 g/mol. The van der Waals surface area contributed by atoms with Crippen LogP contribution in [-0.4, -0.2) is 29.7 Å². The van der Waals surface area contributed by atoms with Crippen LogP contribution in [0.1, 0.15) is 12.5 Å². The van der Waals surface area contributed by atoms with E-state index in [1.807, 2.05) is 38.2 Å². The maximum Gasteiger partial charge on any atom is 0.0584 e. The minimum absolute atomic E-state index is 0.186. The second kappa shape index (κ2) is 4.98. The van der Waals surface area contributed by atoms with Crippen molar-refractivity contribution in [2.75, 3.05) is 19.4 Å². The number of likely N-dealkylation sites (N-methyl/N-ethyl adjacent to an activating group) is 1. The van der Waals surface area contributed by atoms with E-state index < -0.39 is 0 Å². The summed E-state index contributed by atoms with van der Waals surface area (Å²) < 4.78 is 0. The highest BCUT2D eigenvalue weighted by molar-refractivity contribution is 5.39. The summed E-state index contributed by atoms with van der Waals surface area (Å²) in [6.07, 6.45) is 0. The standard InChI is InChI=1S/C11H18N2O/c1-9(8-14)13(2)7-10-3-5-11(12)6-4-10/h3-6,9,14H,7-8,12H2,1-2H3. The average molecular weight is 194 g/mol. The zero-order valence-electron chi connectivity index (χ0n) is 8.77. The Labute approximate surface area is 85.2 Å². The van der Waals surface area contributed by atoms with Crippen LogP contribution >= 0.6 is 0 Å². The van der Waals surface area contributed by atoms with Crippen LogP contribution in [0.15, 0.2) is 24.3 Å². The first-order chi connectivity index (χ1) is 6.63. The highest BCUT2D eigenvalue weighted by Crippen LogP contribution is 2.09. The van der Waals surface area contributed by atoms with Crippen LogP contribution < -0.4 is 5.73 Å². The van der Waals surface area contributed by atoms with Crippen LogP contribution in [0.3, 0.4) is 0 Å². The molecule has 14 heavy (non-hydrogen) atoms. The van der Waals surface area contributed by atoms with Crippen LogP contribution in [0, 0.1) is 0 Å². The van der Waals surface area contributed by atoms with Crippen molar-refractivity contribution in [2.24, 2.45) is 0 Å². The third-order valence-electron chi connectivity index (χ3n) is 2.43. The molecule has 1 unspecified atom stereocenters. The quantitative estimate of drug-likeness (QED) is 0.705. The summed E-state index contributed by atoms with van der Waals surface area (Å²) >= 11 is 0. The van der Waals surface area contributed by atoms with Gasteiger partial charge in [0, 0.05) is 18.3 Å². The smallest absolute Gasteiger partial charge is 0.0584 e. The summed E-state index contributed by atoms with van der Waals surface area (Å²) in [5.74, 6) is 0. The van der Waals surface area contributed by atoms with Gasteiger partial charge < -0.3 is 10.8 Å². The molecule has 1 atom stereocenters. The minimum atomic E-state index is 0.186. The first-order valence-electron chi connectivity index (χ1n) is 4.79. The number of hydrogen-bond donors (Lipinski definition) is 2. The summed E-state index contributed by atoms with van der Waals surface area (Å²) in [5.41, 5.74) is 7.58. The molecule has 0 fully saturated rings. The topological polar surface area (TPSA) is 49.5 Å². The molecule has 0 bridgehead atoms. The molecule has 0 saturated carbocycles. The molecule has 0 aromatic heterocycles. The van der Waals surface area contributed by atoms with E-state index in [0.717, 1.165) is 12.2 Å². The van der Waals surface area contributed by atoms with Gasteiger partial charge in [0.1, 0.15) is 0 Å². The molecule has 1 aromatic carbocycles. The van der Waals surface area contributed by atoms with Gasteiger partial charge in [-0.1, -0.05) is 12.1 Å². The number of nitrogens with two attached hydrogens (primary N) is 1. The SMILES string of the molecule is CC(CO)N(C)Cc1ccc(N)cc1. The molecule has 0 aliphatic rings. The van der Waals surface area contributed by atoms with Crippen LogP contribution in [0.4, 0.5) is 5.69 Å². The van der Waals surface area contributed by atoms with Crippen molar-refractivity contribution in [1.82, 2.24) is 4.90 Å². The summed E-state index contributed by atoms with van der Waals surface area (Å²) in [7, 11) is 2.00. The number of rotatable bonds is 4. The first-order valence-corrected chi connectivity index (χ1v) is 4.79. The maximum atomic E-state index is 8.97. The van der Waals surface area contributed by atoms with Gasteiger partial charge >= 0.3 is 0 Å². The molecule has 0 saturated heterocycles. The zero-order valence-corrected chi connectivity index (χ0v) is 8.77. The van der Waals surface area contributed by atoms with Gasteiger partial charge in [-0.2, -0.15) is 0 Å². The summed E-state index contributed by atoms with van der Waals surface area (Å²) in [4.78, 5) is 2.10. The van der Waals surface area contributed by atoms with Crippen molar-refractivity contribution in [3.05, 3.63) is 29.8 Å². The average Bonchev–Trinajstić information content (AvgIpc) is 2.20. The highest BCUT2D eigenvalue weighted by Gasteiger charge is 2.07. The lowest BCUT2D eigenvalue weighted by Crippen LogP contribution is -2.31. The van der Waals surface area contributed by atoms with E-state index in [9.17, 15) is 0 Å². The number of nitrogen functional groups attached to an aromatic ring is 1. The predicted molar refractivity (Wildman–Crippen MR) is 58.9 cm³/mol. The van der Waals surface area contributed by atoms with Gasteiger partial charge in [-0.15, -0.1) is 0 Å². The summed E-state index contributed by atoms with van der Waals surface area (Å²) in [5, 5.41) is 8.97. The fourth-order valence-corrected chi connectivity index (χ4v) is 1.21. The van der Waals surface area contributed by atoms with Crippen LogP contribution in [-0.2, 0) is 6.54 Å². The van der Waals surface area contributed by atoms with E-state index in [2.05, 4.69) is 4.90 Å². The number of nitrogens with zero attached hydrogens (tertiary/aromatic N) is 1. The first kappa shape index (κ1) is 11.0. The second-order valence-corrected chi connectivity index (χ2v) is 3.69. The Bertz CT molecular complexity index is 271. The van der Waals surface area contributed by atoms with Crippen molar-refractivity contribution < 1.29 is 5.11 Å². The number of aliphatic hydroxyl groups excluding tert-OH is 1. The van der Waals surface area contributed by atoms with Crippen LogP contribution in [0.25, 0.3) is 0 Å². The molecule has 0 spiro atoms. The van der Waals surface area contributed by atoms with E-state index in [-0.39, 0.29) is 12.6 Å². The fourth-order valence-electron chi connectivity index (χ4n) is 1.21. The number of aliphatic hydroxyl groups is 1. The Kier molecular flexibility index (Phi) is 3.92. The number of anilines is 1. The zero-order chi connectivity index (χ0) is 10.6. The third-order valence-corrected chi connectivity index (χ3v) is 2.43. The molecule has 0 aliphatic heterocycles. The van der Waals surface area contributed by atoms with Gasteiger partial charge in [-0.3, -0.25) is 4.90 Å². The maximum absolute atomic E-state index is 8.97. The second-order valence-electron chi connectivity index (χ2n) is 3.69. The molecular formula is C11H18N2O. The van der Waals surface area contributed by atoms with E-state index in [1.54, 1.807) is 0 Å². The Morgan fingerprint density at radius 2 is 1.93 bits per heavy atom. The Balaban J connectivity index is 2.56. The fraction of sp³-hybridized carbons (Fsp3) is 0.455. The van der Waals surface area contributed by atoms with Gasteiger partial charge in [0.15, 0.2) is 0 Å². The van der Waals surface area contributed by atoms with E-state index in [1.165, 1.54) is 5.56 Å². The van der Waals surface area contributed by atoms with E-state index in [0.29, 0.717) is 0 Å². The lowest BCUT2D eigenvalue weighted by atomic mass is 10.2. The lowest BCUT2D eigenvalue weighted by molar-refractivity contribution is 0.154. The molecule has 0 aliphatic carbocycles. The van der Waals surface area contributed by atoms with Crippen molar-refractivity contribution in [1.29, 1.82) is 0 Å². The van der Waals surface area contributed by atoms with Gasteiger partial charge in [-0.05, 0) is 31.7 Å². The van der Waals surface area contributed by atoms with Gasteiger partial charge in [0.2, 0.25) is 0 Å². The minimum Gasteiger partial charge on any atom is -0.399 e. The molecule has 0 heterocycles. The molecule has 0 radical (unpaired) electrons. The largest absolute Gasteiger partial charge is 0.399 e. The normalized spacial score (nSPS) is 13.1. The van der Waals surface area contributed by atoms with E-state index in [4.69, 9.17) is 10.8 Å². The third kappa shape index (κ3) is 3.01. The van der Waals surface area contributed by atoms with Crippen molar-refractivity contribution in [3.8, 4) is 0 Å². The lowest BCUT2D eigenvalue weighted by Gasteiger charge is -2.22. The monoisotopic (exact) mass is 194 g/mol. The molecule has 0 amide bonds. The highest BCUT2D eigenvalue weighted by atomic mass is 16.3. The van der Waals surface area contributed by atoms with Gasteiger partial charge in [-0.25, -0.2) is 0 Å². The van der Waals surface area contributed by atoms with Gasteiger partial charge in [0.25, 0.3) is 0 Å². The van der Waals surface area contributed by atoms with Crippen LogP contribution in [0.2, 0.25) is 0 Å². The van der Waals surface area contributed by atoms with Crippen molar-refractivity contribution >= 4 is 5.69 Å². The molecule has 3 nitrogen and oxygen atoms in total. The Morgan fingerprint density at radius 3 is 2.43 bits per heavy atom. The Hall–Kier alpha value is -1.06. The van der Waals surface area contributed by atoms with Crippen molar-refractivity contribution in [2.45, 2.75) is 19.5 Å². The number of benzene rings is 1. The Morgan fingerprint density at radius 1 is 1.36 bits per heavy atom. The number of hydrogen-bond acceptors (Lipinski definition) is 3. The molecule has 1 rings (SSSR count). The molecule has 3 heteroatoms.